The van der Waals surface area contributed by atoms with Crippen molar-refractivity contribution < 1.29 is 19.1 Å². The lowest BCUT2D eigenvalue weighted by Gasteiger charge is -2.11. The number of esters is 1. The highest BCUT2D eigenvalue weighted by atomic mass is 16.5. The minimum atomic E-state index is -0.540. The number of pyridine rings is 1. The first kappa shape index (κ1) is 13.5. The first-order valence-corrected chi connectivity index (χ1v) is 6.12. The van der Waals surface area contributed by atoms with Crippen LogP contribution in [0.1, 0.15) is 30.3 Å². The first-order chi connectivity index (χ1) is 9.10. The summed E-state index contributed by atoms with van der Waals surface area (Å²) in [5.41, 5.74) is 0.154. The Morgan fingerprint density at radius 3 is 2.84 bits per heavy atom. The van der Waals surface area contributed by atoms with Crippen LogP contribution in [0.2, 0.25) is 0 Å². The third-order valence-electron chi connectivity index (χ3n) is 2.92. The summed E-state index contributed by atoms with van der Waals surface area (Å²) in [6.07, 6.45) is 1.22. The van der Waals surface area contributed by atoms with Crippen LogP contribution in [0.3, 0.4) is 0 Å². The number of carbonyl (C=O) groups excluding carboxylic acids is 2. The van der Waals surface area contributed by atoms with E-state index in [9.17, 15) is 9.59 Å². The van der Waals surface area contributed by atoms with Crippen LogP contribution in [0.15, 0.2) is 18.2 Å². The minimum Gasteiger partial charge on any atom is -0.464 e. The second-order valence-electron chi connectivity index (χ2n) is 4.40. The van der Waals surface area contributed by atoms with Crippen LogP contribution >= 0.6 is 0 Å². The second-order valence-corrected chi connectivity index (χ2v) is 4.40. The Morgan fingerprint density at radius 1 is 1.42 bits per heavy atom. The molecule has 2 atom stereocenters. The van der Waals surface area contributed by atoms with Crippen molar-refractivity contribution in [1.29, 1.82) is 0 Å². The lowest BCUT2D eigenvalue weighted by molar-refractivity contribution is -0.126. The van der Waals surface area contributed by atoms with Crippen LogP contribution in [0.4, 0.5) is 5.82 Å². The Labute approximate surface area is 111 Å². The number of amides is 1. The summed E-state index contributed by atoms with van der Waals surface area (Å²) in [4.78, 5) is 27.3. The van der Waals surface area contributed by atoms with Crippen LogP contribution in [0.5, 0.6) is 0 Å². The fourth-order valence-corrected chi connectivity index (χ4v) is 1.92. The molecule has 0 aliphatic carbocycles. The number of rotatable bonds is 3. The molecule has 2 heterocycles. The van der Waals surface area contributed by atoms with E-state index < -0.39 is 12.1 Å². The molecule has 1 aliphatic heterocycles. The van der Waals surface area contributed by atoms with Gasteiger partial charge in [-0.15, -0.1) is 0 Å². The summed E-state index contributed by atoms with van der Waals surface area (Å²) in [5.74, 6) is -0.461. The van der Waals surface area contributed by atoms with Crippen molar-refractivity contribution in [2.75, 3.05) is 12.4 Å². The van der Waals surface area contributed by atoms with Gasteiger partial charge in [-0.2, -0.15) is 0 Å². The van der Waals surface area contributed by atoms with Gasteiger partial charge in [-0.3, -0.25) is 4.79 Å². The number of methoxy groups -OCH3 is 1. The zero-order chi connectivity index (χ0) is 13.8. The molecule has 102 valence electrons. The molecule has 6 nitrogen and oxygen atoms in total. The predicted molar refractivity (Wildman–Crippen MR) is 67.8 cm³/mol. The molecule has 2 unspecified atom stereocenters. The summed E-state index contributed by atoms with van der Waals surface area (Å²) in [7, 11) is 1.28. The first-order valence-electron chi connectivity index (χ1n) is 6.12. The summed E-state index contributed by atoms with van der Waals surface area (Å²) in [6.45, 7) is 1.93. The predicted octanol–water partition coefficient (Wildman–Crippen LogP) is 1.37. The Balaban J connectivity index is 2.03. The van der Waals surface area contributed by atoms with Gasteiger partial charge in [-0.25, -0.2) is 9.78 Å². The summed E-state index contributed by atoms with van der Waals surface area (Å²) >= 11 is 0. The van der Waals surface area contributed by atoms with E-state index in [1.807, 2.05) is 6.92 Å². The van der Waals surface area contributed by atoms with Gasteiger partial charge in [0.2, 0.25) is 0 Å². The van der Waals surface area contributed by atoms with Gasteiger partial charge in [-0.05, 0) is 31.9 Å². The molecule has 1 fully saturated rings. The minimum absolute atomic E-state index is 0.102. The highest BCUT2D eigenvalue weighted by Crippen LogP contribution is 2.20. The van der Waals surface area contributed by atoms with E-state index in [0.29, 0.717) is 12.2 Å². The molecule has 0 saturated carbocycles. The van der Waals surface area contributed by atoms with Crippen LogP contribution in [-0.4, -0.2) is 36.2 Å². The smallest absolute Gasteiger partial charge is 0.356 e. The number of carbonyl (C=O) groups is 2. The highest BCUT2D eigenvalue weighted by Gasteiger charge is 2.28. The highest BCUT2D eigenvalue weighted by molar-refractivity contribution is 5.94. The Hall–Kier alpha value is -1.95. The average Bonchev–Trinajstić information content (AvgIpc) is 2.85. The number of hydrogen-bond acceptors (Lipinski definition) is 5. The van der Waals surface area contributed by atoms with E-state index in [4.69, 9.17) is 4.74 Å². The molecule has 0 spiro atoms. The molecule has 1 aliphatic rings. The van der Waals surface area contributed by atoms with Gasteiger partial charge in [0.15, 0.2) is 5.69 Å². The van der Waals surface area contributed by atoms with Crippen molar-refractivity contribution in [3.63, 3.8) is 0 Å². The van der Waals surface area contributed by atoms with Crippen molar-refractivity contribution in [3.05, 3.63) is 23.9 Å². The molecule has 0 bridgehead atoms. The lowest BCUT2D eigenvalue weighted by atomic mass is 10.2. The fourth-order valence-electron chi connectivity index (χ4n) is 1.92. The number of nitrogens with one attached hydrogen (secondary N) is 1. The summed E-state index contributed by atoms with van der Waals surface area (Å²) in [6, 6.07) is 4.77. The van der Waals surface area contributed by atoms with Gasteiger partial charge in [0.25, 0.3) is 5.91 Å². The van der Waals surface area contributed by atoms with Gasteiger partial charge in [-0.1, -0.05) is 6.07 Å². The van der Waals surface area contributed by atoms with Crippen LogP contribution in [0.25, 0.3) is 0 Å². The van der Waals surface area contributed by atoms with Crippen molar-refractivity contribution in [1.82, 2.24) is 4.98 Å². The van der Waals surface area contributed by atoms with Crippen molar-refractivity contribution >= 4 is 17.7 Å². The van der Waals surface area contributed by atoms with Gasteiger partial charge >= 0.3 is 5.97 Å². The average molecular weight is 264 g/mol. The summed E-state index contributed by atoms with van der Waals surface area (Å²) in [5, 5.41) is 2.64. The molecule has 1 saturated heterocycles. The Bertz CT molecular complexity index is 489. The number of nitrogens with zero attached hydrogens (tertiary/aromatic N) is 1. The van der Waals surface area contributed by atoms with E-state index in [1.165, 1.54) is 13.2 Å². The molecule has 0 radical (unpaired) electrons. The standard InChI is InChI=1S/C13H16N2O4/c1-8-6-7-10(19-8)12(16)15-11-5-3-4-9(14-11)13(17)18-2/h3-5,8,10H,6-7H2,1-2H3,(H,14,15,16). The molecule has 6 heteroatoms. The number of hydrogen-bond donors (Lipinski definition) is 1. The molecule has 1 aromatic heterocycles. The van der Waals surface area contributed by atoms with Crippen molar-refractivity contribution in [2.45, 2.75) is 32.0 Å². The van der Waals surface area contributed by atoms with Crippen molar-refractivity contribution in [2.24, 2.45) is 0 Å². The third kappa shape index (κ3) is 3.29. The maximum Gasteiger partial charge on any atom is 0.356 e. The second kappa shape index (κ2) is 5.79. The molecular weight excluding hydrogens is 248 g/mol. The quantitative estimate of drug-likeness (QED) is 0.834. The van der Waals surface area contributed by atoms with Crippen molar-refractivity contribution in [3.8, 4) is 0 Å². The largest absolute Gasteiger partial charge is 0.464 e. The molecule has 1 N–H and O–H groups in total. The van der Waals surface area contributed by atoms with Gasteiger partial charge in [0.1, 0.15) is 11.9 Å². The maximum atomic E-state index is 11.9. The third-order valence-corrected chi connectivity index (χ3v) is 2.92. The molecule has 1 aromatic rings. The monoisotopic (exact) mass is 264 g/mol. The number of anilines is 1. The Morgan fingerprint density at radius 2 is 2.21 bits per heavy atom. The Kier molecular flexibility index (Phi) is 4.11. The number of ether oxygens (including phenoxy) is 2. The van der Waals surface area contributed by atoms with E-state index in [0.717, 1.165) is 6.42 Å². The molecular formula is C13H16N2O4. The normalized spacial score (nSPS) is 22.0. The summed E-state index contributed by atoms with van der Waals surface area (Å²) < 4.78 is 10.0. The zero-order valence-corrected chi connectivity index (χ0v) is 10.9. The van der Waals surface area contributed by atoms with Gasteiger partial charge in [0.05, 0.1) is 13.2 Å². The maximum absolute atomic E-state index is 11.9. The van der Waals surface area contributed by atoms with E-state index in [1.54, 1.807) is 12.1 Å². The van der Waals surface area contributed by atoms with Gasteiger partial charge in [0, 0.05) is 0 Å². The van der Waals surface area contributed by atoms with Crippen LogP contribution < -0.4 is 5.32 Å². The van der Waals surface area contributed by atoms with E-state index in [-0.39, 0.29) is 17.7 Å². The lowest BCUT2D eigenvalue weighted by Crippen LogP contribution is -2.28. The van der Waals surface area contributed by atoms with Crippen LogP contribution in [0, 0.1) is 0 Å². The fraction of sp³-hybridized carbons (Fsp3) is 0.462. The van der Waals surface area contributed by atoms with E-state index in [2.05, 4.69) is 15.0 Å². The van der Waals surface area contributed by atoms with Gasteiger partial charge < -0.3 is 14.8 Å². The molecule has 1 amide bonds. The molecule has 19 heavy (non-hydrogen) atoms. The van der Waals surface area contributed by atoms with Crippen LogP contribution in [-0.2, 0) is 14.3 Å². The molecule has 0 aromatic carbocycles. The topological polar surface area (TPSA) is 77.5 Å². The SMILES string of the molecule is COC(=O)c1cccc(NC(=O)C2CCC(C)O2)n1. The molecule has 2 rings (SSSR count). The zero-order valence-electron chi connectivity index (χ0n) is 10.9. The van der Waals surface area contributed by atoms with E-state index >= 15 is 0 Å². The number of aromatic nitrogens is 1.